The van der Waals surface area contributed by atoms with Crippen molar-refractivity contribution < 1.29 is 8.42 Å². The van der Waals surface area contributed by atoms with Gasteiger partial charge in [-0.05, 0) is 52.3 Å². The zero-order valence-electron chi connectivity index (χ0n) is 9.40. The first kappa shape index (κ1) is 14.7. The predicted molar refractivity (Wildman–Crippen MR) is 81.4 cm³/mol. The van der Waals surface area contributed by atoms with E-state index in [-0.39, 0.29) is 4.90 Å². The Morgan fingerprint density at radius 1 is 1.05 bits per heavy atom. The molecule has 0 fully saturated rings. The largest absolute Gasteiger partial charge is 0.280 e. The van der Waals surface area contributed by atoms with Crippen molar-refractivity contribution in [3.63, 3.8) is 0 Å². The van der Waals surface area contributed by atoms with E-state index in [1.54, 1.807) is 24.3 Å². The van der Waals surface area contributed by atoms with Gasteiger partial charge in [-0.25, -0.2) is 8.42 Å². The number of sulfonamides is 1. The molecule has 0 radical (unpaired) electrons. The Kier molecular flexibility index (Phi) is 4.40. The van der Waals surface area contributed by atoms with E-state index in [1.165, 1.54) is 18.2 Å². The van der Waals surface area contributed by atoms with Crippen LogP contribution in [0.25, 0.3) is 0 Å². The van der Waals surface area contributed by atoms with Gasteiger partial charge in [-0.15, -0.1) is 0 Å². The van der Waals surface area contributed by atoms with Crippen molar-refractivity contribution in [2.24, 2.45) is 0 Å². The maximum Gasteiger partial charge on any atom is 0.261 e. The Labute approximate surface area is 129 Å². The highest BCUT2D eigenvalue weighted by atomic mass is 79.9. The first-order valence-electron chi connectivity index (χ1n) is 5.12. The molecule has 2 aromatic carbocycles. The maximum atomic E-state index is 12.1. The zero-order chi connectivity index (χ0) is 14.0. The monoisotopic (exact) mass is 379 g/mol. The van der Waals surface area contributed by atoms with Crippen LogP contribution in [0.5, 0.6) is 0 Å². The van der Waals surface area contributed by atoms with Crippen LogP contribution in [0.2, 0.25) is 10.0 Å². The van der Waals surface area contributed by atoms with Crippen LogP contribution in [0.3, 0.4) is 0 Å². The molecule has 7 heteroatoms. The number of nitrogens with one attached hydrogen (secondary N) is 1. The van der Waals surface area contributed by atoms with Crippen LogP contribution < -0.4 is 4.72 Å². The summed E-state index contributed by atoms with van der Waals surface area (Å²) >= 11 is 14.9. The number of halogens is 3. The minimum atomic E-state index is -3.67. The normalized spacial score (nSPS) is 11.3. The summed E-state index contributed by atoms with van der Waals surface area (Å²) in [7, 11) is -3.67. The van der Waals surface area contributed by atoms with Crippen LogP contribution in [-0.4, -0.2) is 8.42 Å². The summed E-state index contributed by atoms with van der Waals surface area (Å²) in [6.07, 6.45) is 0. The molecule has 0 spiro atoms. The third-order valence-electron chi connectivity index (χ3n) is 2.28. The molecule has 2 aromatic rings. The van der Waals surface area contributed by atoms with Gasteiger partial charge in [0.05, 0.1) is 15.6 Å². The number of benzene rings is 2. The standard InChI is InChI=1S/C12H8BrCl2NO2S/c13-11-5-4-9(7-12(11)15)16-19(17,18)10-3-1-2-8(14)6-10/h1-7,16H. The van der Waals surface area contributed by atoms with Gasteiger partial charge in [-0.2, -0.15) is 0 Å². The molecule has 0 unspecified atom stereocenters. The Morgan fingerprint density at radius 3 is 2.42 bits per heavy atom. The Hall–Kier alpha value is -0.750. The van der Waals surface area contributed by atoms with Gasteiger partial charge in [0.1, 0.15) is 0 Å². The summed E-state index contributed by atoms with van der Waals surface area (Å²) in [5.41, 5.74) is 0.383. The van der Waals surface area contributed by atoms with Crippen molar-refractivity contribution in [3.8, 4) is 0 Å². The van der Waals surface area contributed by atoms with Gasteiger partial charge in [0.25, 0.3) is 10.0 Å². The molecule has 0 saturated carbocycles. The van der Waals surface area contributed by atoms with E-state index in [4.69, 9.17) is 23.2 Å². The minimum Gasteiger partial charge on any atom is -0.280 e. The molecule has 19 heavy (non-hydrogen) atoms. The molecule has 3 nitrogen and oxygen atoms in total. The van der Waals surface area contributed by atoms with E-state index < -0.39 is 10.0 Å². The van der Waals surface area contributed by atoms with Gasteiger partial charge in [0.15, 0.2) is 0 Å². The lowest BCUT2D eigenvalue weighted by Gasteiger charge is -2.09. The smallest absolute Gasteiger partial charge is 0.261 e. The van der Waals surface area contributed by atoms with Crippen molar-refractivity contribution in [2.45, 2.75) is 4.90 Å². The molecule has 100 valence electrons. The van der Waals surface area contributed by atoms with E-state index in [0.717, 1.165) is 0 Å². The lowest BCUT2D eigenvalue weighted by atomic mass is 10.3. The first-order valence-corrected chi connectivity index (χ1v) is 8.15. The fourth-order valence-corrected chi connectivity index (χ4v) is 3.18. The summed E-state index contributed by atoms with van der Waals surface area (Å²) < 4.78 is 27.4. The topological polar surface area (TPSA) is 46.2 Å². The van der Waals surface area contributed by atoms with Gasteiger partial charge in [0, 0.05) is 9.50 Å². The highest BCUT2D eigenvalue weighted by molar-refractivity contribution is 9.10. The highest BCUT2D eigenvalue weighted by Crippen LogP contribution is 2.27. The zero-order valence-corrected chi connectivity index (χ0v) is 13.3. The van der Waals surface area contributed by atoms with E-state index in [9.17, 15) is 8.42 Å². The Balaban J connectivity index is 2.33. The summed E-state index contributed by atoms with van der Waals surface area (Å²) in [6, 6.07) is 10.8. The van der Waals surface area contributed by atoms with E-state index in [2.05, 4.69) is 20.7 Å². The minimum absolute atomic E-state index is 0.0963. The van der Waals surface area contributed by atoms with Gasteiger partial charge < -0.3 is 0 Å². The van der Waals surface area contributed by atoms with Crippen LogP contribution in [0, 0.1) is 0 Å². The van der Waals surface area contributed by atoms with Gasteiger partial charge in [0.2, 0.25) is 0 Å². The van der Waals surface area contributed by atoms with Crippen LogP contribution in [0.15, 0.2) is 51.8 Å². The summed E-state index contributed by atoms with van der Waals surface area (Å²) in [5, 5.41) is 0.781. The average molecular weight is 381 g/mol. The van der Waals surface area contributed by atoms with Crippen LogP contribution >= 0.6 is 39.1 Å². The third-order valence-corrected chi connectivity index (χ3v) is 5.12. The summed E-state index contributed by atoms with van der Waals surface area (Å²) in [6.45, 7) is 0. The van der Waals surface area contributed by atoms with Crippen molar-refractivity contribution in [1.82, 2.24) is 0 Å². The molecular formula is C12H8BrCl2NO2S. The molecule has 2 rings (SSSR count). The second-order valence-corrected chi connectivity index (χ2v) is 7.07. The molecule has 0 amide bonds. The Morgan fingerprint density at radius 2 is 1.79 bits per heavy atom. The van der Waals surface area contributed by atoms with Crippen molar-refractivity contribution >= 4 is 54.8 Å². The maximum absolute atomic E-state index is 12.1. The van der Waals surface area contributed by atoms with Crippen LogP contribution in [0.4, 0.5) is 5.69 Å². The van der Waals surface area contributed by atoms with Gasteiger partial charge in [-0.3, -0.25) is 4.72 Å². The molecular weight excluding hydrogens is 373 g/mol. The molecule has 1 N–H and O–H groups in total. The molecule has 0 aliphatic carbocycles. The molecule has 0 bridgehead atoms. The molecule has 0 aliphatic rings. The SMILES string of the molecule is O=S(=O)(Nc1ccc(Br)c(Cl)c1)c1cccc(Cl)c1. The predicted octanol–water partition coefficient (Wildman–Crippen LogP) is 4.56. The second-order valence-electron chi connectivity index (χ2n) is 3.69. The molecule has 0 heterocycles. The van der Waals surface area contributed by atoms with E-state index in [0.29, 0.717) is 20.2 Å². The molecule has 0 saturated heterocycles. The van der Waals surface area contributed by atoms with Gasteiger partial charge in [-0.1, -0.05) is 29.3 Å². The molecule has 0 atom stereocenters. The van der Waals surface area contributed by atoms with E-state index in [1.807, 2.05) is 0 Å². The van der Waals surface area contributed by atoms with E-state index >= 15 is 0 Å². The van der Waals surface area contributed by atoms with Crippen molar-refractivity contribution in [1.29, 1.82) is 0 Å². The number of rotatable bonds is 3. The van der Waals surface area contributed by atoms with Gasteiger partial charge >= 0.3 is 0 Å². The number of anilines is 1. The number of hydrogen-bond acceptors (Lipinski definition) is 2. The fourth-order valence-electron chi connectivity index (χ4n) is 1.41. The molecule has 0 aliphatic heterocycles. The third kappa shape index (κ3) is 3.63. The first-order chi connectivity index (χ1) is 8.88. The highest BCUT2D eigenvalue weighted by Gasteiger charge is 2.14. The summed E-state index contributed by atoms with van der Waals surface area (Å²) in [5.74, 6) is 0. The van der Waals surface area contributed by atoms with Crippen molar-refractivity contribution in [3.05, 3.63) is 57.0 Å². The average Bonchev–Trinajstić information content (AvgIpc) is 2.33. The Bertz CT molecular complexity index is 719. The van der Waals surface area contributed by atoms with Crippen LogP contribution in [-0.2, 0) is 10.0 Å². The lowest BCUT2D eigenvalue weighted by molar-refractivity contribution is 0.601. The summed E-state index contributed by atoms with van der Waals surface area (Å²) in [4.78, 5) is 0.0963. The number of hydrogen-bond donors (Lipinski definition) is 1. The lowest BCUT2D eigenvalue weighted by Crippen LogP contribution is -2.12. The second kappa shape index (κ2) is 5.71. The fraction of sp³-hybridized carbons (Fsp3) is 0. The quantitative estimate of drug-likeness (QED) is 0.848. The molecule has 0 aromatic heterocycles. The van der Waals surface area contributed by atoms with Crippen molar-refractivity contribution in [2.75, 3.05) is 4.72 Å². The van der Waals surface area contributed by atoms with Crippen LogP contribution in [0.1, 0.15) is 0 Å².